The molecule has 1 aliphatic heterocycles. The van der Waals surface area contributed by atoms with Crippen LogP contribution in [0.1, 0.15) is 29.1 Å². The molecule has 1 atom stereocenters. The number of aromatic nitrogens is 2. The van der Waals surface area contributed by atoms with Gasteiger partial charge in [-0.3, -0.25) is 9.69 Å². The van der Waals surface area contributed by atoms with Crippen molar-refractivity contribution in [1.29, 1.82) is 0 Å². The molecule has 3 aromatic rings. The van der Waals surface area contributed by atoms with Crippen molar-refractivity contribution in [2.24, 2.45) is 0 Å². The molecule has 1 unspecified atom stereocenters. The predicted molar refractivity (Wildman–Crippen MR) is 98.1 cm³/mol. The van der Waals surface area contributed by atoms with Gasteiger partial charge in [0.15, 0.2) is 5.13 Å². The molecule has 0 saturated carbocycles. The molecule has 136 valence electrons. The number of hydrogen-bond acceptors (Lipinski definition) is 7. The Balaban J connectivity index is 1.70. The molecule has 0 radical (unpaired) electrons. The van der Waals surface area contributed by atoms with E-state index in [4.69, 9.17) is 14.0 Å². The van der Waals surface area contributed by atoms with Crippen LogP contribution in [0.3, 0.4) is 0 Å². The second-order valence-corrected chi connectivity index (χ2v) is 7.22. The molecule has 26 heavy (non-hydrogen) atoms. The fraction of sp³-hybridized carbons (Fsp3) is 0.389. The zero-order valence-electron chi connectivity index (χ0n) is 14.6. The monoisotopic (exact) mass is 373 g/mol. The van der Waals surface area contributed by atoms with Gasteiger partial charge in [-0.15, -0.1) is 0 Å². The molecule has 0 bridgehead atoms. The van der Waals surface area contributed by atoms with Crippen molar-refractivity contribution >= 4 is 32.6 Å². The maximum absolute atomic E-state index is 13.0. The van der Waals surface area contributed by atoms with Crippen LogP contribution in [0.15, 0.2) is 28.8 Å². The summed E-state index contributed by atoms with van der Waals surface area (Å²) >= 11 is 1.46. The molecule has 1 saturated heterocycles. The van der Waals surface area contributed by atoms with Gasteiger partial charge in [-0.25, -0.2) is 4.98 Å². The normalized spacial score (nSPS) is 16.9. The van der Waals surface area contributed by atoms with Crippen LogP contribution < -0.4 is 9.64 Å². The van der Waals surface area contributed by atoms with E-state index in [2.05, 4.69) is 10.1 Å². The van der Waals surface area contributed by atoms with Crippen molar-refractivity contribution < 1.29 is 18.8 Å². The Morgan fingerprint density at radius 1 is 1.42 bits per heavy atom. The molecule has 0 N–H and O–H groups in total. The third kappa shape index (κ3) is 3.30. The molecular weight excluding hydrogens is 354 g/mol. The first kappa shape index (κ1) is 17.0. The Morgan fingerprint density at radius 2 is 2.31 bits per heavy atom. The zero-order valence-corrected chi connectivity index (χ0v) is 15.4. The smallest absolute Gasteiger partial charge is 0.298 e. The number of carbonyl (C=O) groups is 1. The first-order valence-corrected chi connectivity index (χ1v) is 9.27. The van der Waals surface area contributed by atoms with Gasteiger partial charge in [0.2, 0.25) is 5.76 Å². The van der Waals surface area contributed by atoms with Crippen molar-refractivity contribution in [3.05, 3.63) is 35.7 Å². The van der Waals surface area contributed by atoms with Crippen LogP contribution in [0.25, 0.3) is 10.2 Å². The Morgan fingerprint density at radius 3 is 3.00 bits per heavy atom. The second-order valence-electron chi connectivity index (χ2n) is 6.21. The van der Waals surface area contributed by atoms with Crippen LogP contribution in [0.2, 0.25) is 0 Å². The van der Waals surface area contributed by atoms with Crippen molar-refractivity contribution in [1.82, 2.24) is 10.1 Å². The SMILES string of the molecule is COc1ccc2sc(N(CC3CCCO3)C(=O)c3cc(C)no3)nc2c1. The summed E-state index contributed by atoms with van der Waals surface area (Å²) < 4.78 is 17.1. The van der Waals surface area contributed by atoms with Crippen molar-refractivity contribution in [3.63, 3.8) is 0 Å². The predicted octanol–water partition coefficient (Wildman–Crippen LogP) is 3.43. The van der Waals surface area contributed by atoms with Crippen LogP contribution >= 0.6 is 11.3 Å². The first-order valence-electron chi connectivity index (χ1n) is 8.45. The minimum Gasteiger partial charge on any atom is -0.497 e. The van der Waals surface area contributed by atoms with E-state index < -0.39 is 0 Å². The summed E-state index contributed by atoms with van der Waals surface area (Å²) in [6, 6.07) is 7.34. The lowest BCUT2D eigenvalue weighted by Crippen LogP contribution is -2.37. The number of aryl methyl sites for hydroxylation is 1. The molecule has 1 aromatic carbocycles. The Hall–Kier alpha value is -2.45. The summed E-state index contributed by atoms with van der Waals surface area (Å²) in [5, 5.41) is 4.44. The highest BCUT2D eigenvalue weighted by atomic mass is 32.1. The Labute approximate surface area is 154 Å². The summed E-state index contributed by atoms with van der Waals surface area (Å²) in [4.78, 5) is 19.3. The van der Waals surface area contributed by atoms with Gasteiger partial charge < -0.3 is 14.0 Å². The summed E-state index contributed by atoms with van der Waals surface area (Å²) in [7, 11) is 1.62. The highest BCUT2D eigenvalue weighted by Crippen LogP contribution is 2.32. The van der Waals surface area contributed by atoms with E-state index in [0.717, 1.165) is 35.4 Å². The van der Waals surface area contributed by atoms with Gasteiger partial charge in [0.05, 0.1) is 35.7 Å². The van der Waals surface area contributed by atoms with E-state index in [1.807, 2.05) is 18.2 Å². The topological polar surface area (TPSA) is 77.7 Å². The molecule has 4 rings (SSSR count). The highest BCUT2D eigenvalue weighted by molar-refractivity contribution is 7.22. The van der Waals surface area contributed by atoms with Crippen LogP contribution in [-0.2, 0) is 4.74 Å². The van der Waals surface area contributed by atoms with Gasteiger partial charge in [-0.2, -0.15) is 0 Å². The number of methoxy groups -OCH3 is 1. The van der Waals surface area contributed by atoms with Gasteiger partial charge >= 0.3 is 0 Å². The van der Waals surface area contributed by atoms with Crippen LogP contribution in [0.4, 0.5) is 5.13 Å². The number of ether oxygens (including phenoxy) is 2. The minimum absolute atomic E-state index is 0.00418. The fourth-order valence-corrected chi connectivity index (χ4v) is 3.93. The number of fused-ring (bicyclic) bond motifs is 1. The number of anilines is 1. The molecule has 1 amide bonds. The van der Waals surface area contributed by atoms with E-state index in [9.17, 15) is 4.79 Å². The van der Waals surface area contributed by atoms with Gasteiger partial charge in [-0.05, 0) is 31.9 Å². The highest BCUT2D eigenvalue weighted by Gasteiger charge is 2.29. The third-order valence-corrected chi connectivity index (χ3v) is 5.37. The standard InChI is InChI=1S/C18H19N3O4S/c1-11-8-15(25-20-11)17(22)21(10-13-4-3-7-24-13)18-19-14-9-12(23-2)5-6-16(14)26-18/h5-6,8-9,13H,3-4,7,10H2,1-2H3. The maximum Gasteiger partial charge on any atom is 0.298 e. The molecule has 2 aromatic heterocycles. The largest absolute Gasteiger partial charge is 0.497 e. The lowest BCUT2D eigenvalue weighted by molar-refractivity contribution is 0.0887. The summed E-state index contributed by atoms with van der Waals surface area (Å²) in [6.45, 7) is 2.95. The third-order valence-electron chi connectivity index (χ3n) is 4.31. The molecule has 1 fully saturated rings. The van der Waals surface area contributed by atoms with Gasteiger partial charge in [0.25, 0.3) is 5.91 Å². The van der Waals surface area contributed by atoms with E-state index in [0.29, 0.717) is 17.4 Å². The minimum atomic E-state index is -0.257. The fourth-order valence-electron chi connectivity index (χ4n) is 2.97. The number of carbonyl (C=O) groups excluding carboxylic acids is 1. The Bertz CT molecular complexity index is 930. The summed E-state index contributed by atoms with van der Waals surface area (Å²) in [6.07, 6.45) is 1.94. The number of hydrogen-bond donors (Lipinski definition) is 0. The van der Waals surface area contributed by atoms with Gasteiger partial charge in [0, 0.05) is 18.7 Å². The maximum atomic E-state index is 13.0. The molecule has 0 spiro atoms. The van der Waals surface area contributed by atoms with Gasteiger partial charge in [0.1, 0.15) is 5.75 Å². The van der Waals surface area contributed by atoms with Crippen LogP contribution in [-0.4, -0.2) is 42.4 Å². The van der Waals surface area contributed by atoms with Crippen LogP contribution in [0.5, 0.6) is 5.75 Å². The van der Waals surface area contributed by atoms with Crippen molar-refractivity contribution in [2.75, 3.05) is 25.2 Å². The molecule has 3 heterocycles. The molecular formula is C18H19N3O4S. The van der Waals surface area contributed by atoms with Crippen molar-refractivity contribution in [3.8, 4) is 5.75 Å². The second kappa shape index (κ2) is 7.05. The average molecular weight is 373 g/mol. The molecule has 8 heteroatoms. The summed E-state index contributed by atoms with van der Waals surface area (Å²) in [5.41, 5.74) is 1.46. The quantitative estimate of drug-likeness (QED) is 0.682. The number of rotatable bonds is 5. The Kier molecular flexibility index (Phi) is 4.60. The van der Waals surface area contributed by atoms with Crippen molar-refractivity contribution in [2.45, 2.75) is 25.9 Å². The zero-order chi connectivity index (χ0) is 18.1. The van der Waals surface area contributed by atoms with E-state index in [1.165, 1.54) is 11.3 Å². The average Bonchev–Trinajstić information content (AvgIpc) is 3.38. The summed E-state index contributed by atoms with van der Waals surface area (Å²) in [5.74, 6) is 0.682. The molecule has 0 aliphatic carbocycles. The lowest BCUT2D eigenvalue weighted by Gasteiger charge is -2.21. The molecule has 1 aliphatic rings. The van der Waals surface area contributed by atoms with E-state index in [-0.39, 0.29) is 17.8 Å². The lowest BCUT2D eigenvalue weighted by atomic mass is 10.2. The van der Waals surface area contributed by atoms with Gasteiger partial charge in [-0.1, -0.05) is 16.5 Å². The van der Waals surface area contributed by atoms with Crippen LogP contribution in [0, 0.1) is 6.92 Å². The van der Waals surface area contributed by atoms with E-state index >= 15 is 0 Å². The number of thiazole rings is 1. The van der Waals surface area contributed by atoms with E-state index in [1.54, 1.807) is 25.0 Å². The number of benzene rings is 1. The number of amides is 1. The number of nitrogens with zero attached hydrogens (tertiary/aromatic N) is 3. The molecule has 7 nitrogen and oxygen atoms in total. The first-order chi connectivity index (χ1) is 12.6.